The molecule has 0 atom stereocenters. The fourth-order valence-corrected chi connectivity index (χ4v) is 2.46. The molecule has 0 aromatic heterocycles. The summed E-state index contributed by atoms with van der Waals surface area (Å²) in [5, 5.41) is 0. The molecule has 5 heteroatoms. The number of hydrogen-bond acceptors (Lipinski definition) is 4. The van der Waals surface area contributed by atoms with Gasteiger partial charge in [-0.05, 0) is 60.1 Å². The van der Waals surface area contributed by atoms with Gasteiger partial charge in [-0.25, -0.2) is 4.79 Å². The van der Waals surface area contributed by atoms with Crippen molar-refractivity contribution in [2.45, 2.75) is 12.8 Å². The Morgan fingerprint density at radius 3 is 2.83 bits per heavy atom. The van der Waals surface area contributed by atoms with Gasteiger partial charge < -0.3 is 10.5 Å². The van der Waals surface area contributed by atoms with E-state index in [1.165, 1.54) is 12.8 Å². The highest BCUT2D eigenvalue weighted by molar-refractivity contribution is 9.10. The van der Waals surface area contributed by atoms with E-state index in [1.807, 2.05) is 0 Å². The largest absolute Gasteiger partial charge is 0.461 e. The van der Waals surface area contributed by atoms with E-state index in [9.17, 15) is 4.79 Å². The molecule has 1 aromatic carbocycles. The van der Waals surface area contributed by atoms with Crippen molar-refractivity contribution in [2.24, 2.45) is 0 Å². The molecule has 0 bridgehead atoms. The number of anilines is 1. The van der Waals surface area contributed by atoms with Crippen LogP contribution in [0.15, 0.2) is 22.7 Å². The zero-order chi connectivity index (χ0) is 13.0. The van der Waals surface area contributed by atoms with Crippen LogP contribution in [0.25, 0.3) is 0 Å². The molecule has 0 aliphatic carbocycles. The summed E-state index contributed by atoms with van der Waals surface area (Å²) in [5.74, 6) is -0.326. The third-order valence-electron chi connectivity index (χ3n) is 3.05. The number of nitrogen functional groups attached to an aromatic ring is 1. The van der Waals surface area contributed by atoms with Gasteiger partial charge in [0.25, 0.3) is 0 Å². The van der Waals surface area contributed by atoms with Gasteiger partial charge in [-0.2, -0.15) is 0 Å². The number of esters is 1. The molecule has 18 heavy (non-hydrogen) atoms. The number of carbonyl (C=O) groups excluding carboxylic acids is 1. The lowest BCUT2D eigenvalue weighted by Gasteiger charge is -2.14. The molecule has 2 rings (SSSR count). The summed E-state index contributed by atoms with van der Waals surface area (Å²) in [6.07, 6.45) is 2.49. The zero-order valence-electron chi connectivity index (χ0n) is 10.2. The van der Waals surface area contributed by atoms with Crippen LogP contribution in [0.2, 0.25) is 0 Å². The van der Waals surface area contributed by atoms with E-state index in [0.717, 1.165) is 19.6 Å². The first-order chi connectivity index (χ1) is 8.66. The summed E-state index contributed by atoms with van der Waals surface area (Å²) in [5.41, 5.74) is 6.70. The first-order valence-corrected chi connectivity index (χ1v) is 6.90. The molecule has 0 unspecified atom stereocenters. The minimum absolute atomic E-state index is 0.326. The van der Waals surface area contributed by atoms with Gasteiger partial charge in [-0.15, -0.1) is 0 Å². The summed E-state index contributed by atoms with van der Waals surface area (Å²) in [6.45, 7) is 3.46. The predicted octanol–water partition coefficient (Wildman–Crippen LogP) is 2.28. The minimum Gasteiger partial charge on any atom is -0.461 e. The number of halogens is 1. The average Bonchev–Trinajstić information content (AvgIpc) is 2.85. The lowest BCUT2D eigenvalue weighted by Crippen LogP contribution is -2.25. The third kappa shape index (κ3) is 3.46. The first-order valence-electron chi connectivity index (χ1n) is 6.11. The number of hydrogen-bond donors (Lipinski definition) is 1. The highest BCUT2D eigenvalue weighted by Crippen LogP contribution is 2.20. The van der Waals surface area contributed by atoms with Crippen molar-refractivity contribution in [3.8, 4) is 0 Å². The maximum absolute atomic E-state index is 11.9. The van der Waals surface area contributed by atoms with E-state index in [1.54, 1.807) is 18.2 Å². The van der Waals surface area contributed by atoms with Crippen molar-refractivity contribution < 1.29 is 9.53 Å². The second-order valence-corrected chi connectivity index (χ2v) is 5.28. The van der Waals surface area contributed by atoms with E-state index < -0.39 is 0 Å². The molecule has 0 spiro atoms. The molecular weight excluding hydrogens is 296 g/mol. The van der Waals surface area contributed by atoms with Crippen LogP contribution < -0.4 is 5.73 Å². The van der Waals surface area contributed by atoms with E-state index in [2.05, 4.69) is 20.8 Å². The molecule has 4 nitrogen and oxygen atoms in total. The number of likely N-dealkylation sites (tertiary alicyclic amines) is 1. The second-order valence-electron chi connectivity index (χ2n) is 4.42. The molecule has 1 aliphatic rings. The van der Waals surface area contributed by atoms with Crippen LogP contribution in [0.5, 0.6) is 0 Å². The highest BCUT2D eigenvalue weighted by Gasteiger charge is 2.14. The van der Waals surface area contributed by atoms with E-state index in [0.29, 0.717) is 22.3 Å². The summed E-state index contributed by atoms with van der Waals surface area (Å²) < 4.78 is 5.97. The van der Waals surface area contributed by atoms with E-state index >= 15 is 0 Å². The molecule has 0 amide bonds. The van der Waals surface area contributed by atoms with E-state index in [-0.39, 0.29) is 5.97 Å². The van der Waals surface area contributed by atoms with Gasteiger partial charge in [0, 0.05) is 16.7 Å². The lowest BCUT2D eigenvalue weighted by molar-refractivity contribution is 0.0471. The highest BCUT2D eigenvalue weighted by atomic mass is 79.9. The Labute approximate surface area is 115 Å². The third-order valence-corrected chi connectivity index (χ3v) is 3.74. The molecular formula is C13H17BrN2O2. The molecule has 0 saturated carbocycles. The zero-order valence-corrected chi connectivity index (χ0v) is 11.8. The molecule has 1 saturated heterocycles. The number of ether oxygens (including phenoxy) is 1. The Kier molecular flexibility index (Phi) is 4.60. The molecule has 1 aromatic rings. The summed E-state index contributed by atoms with van der Waals surface area (Å²) >= 11 is 3.32. The normalized spacial score (nSPS) is 15.8. The molecule has 1 aliphatic heterocycles. The molecule has 98 valence electrons. The predicted molar refractivity (Wildman–Crippen MR) is 74.5 cm³/mol. The van der Waals surface area contributed by atoms with Crippen LogP contribution >= 0.6 is 15.9 Å². The van der Waals surface area contributed by atoms with Crippen molar-refractivity contribution in [1.82, 2.24) is 4.90 Å². The summed E-state index contributed by atoms with van der Waals surface area (Å²) in [6, 6.07) is 5.12. The van der Waals surface area contributed by atoms with Crippen LogP contribution in [-0.4, -0.2) is 37.1 Å². The minimum atomic E-state index is -0.326. The number of nitrogens with two attached hydrogens (primary N) is 1. The number of carbonyl (C=O) groups is 1. The SMILES string of the molecule is Nc1ccc(Br)c(C(=O)OCCN2CCCC2)c1. The Morgan fingerprint density at radius 1 is 1.39 bits per heavy atom. The molecule has 1 heterocycles. The Morgan fingerprint density at radius 2 is 2.11 bits per heavy atom. The van der Waals surface area contributed by atoms with Crippen molar-refractivity contribution in [1.29, 1.82) is 0 Å². The van der Waals surface area contributed by atoms with Crippen LogP contribution in [0.4, 0.5) is 5.69 Å². The van der Waals surface area contributed by atoms with Gasteiger partial charge in [-0.3, -0.25) is 4.90 Å². The smallest absolute Gasteiger partial charge is 0.339 e. The Hall–Kier alpha value is -1.07. The van der Waals surface area contributed by atoms with Crippen LogP contribution in [-0.2, 0) is 4.74 Å². The van der Waals surface area contributed by atoms with Gasteiger partial charge in [0.2, 0.25) is 0 Å². The molecule has 1 fully saturated rings. The molecule has 0 radical (unpaired) electrons. The van der Waals surface area contributed by atoms with Gasteiger partial charge in [0.15, 0.2) is 0 Å². The van der Waals surface area contributed by atoms with Crippen molar-refractivity contribution in [2.75, 3.05) is 32.0 Å². The van der Waals surface area contributed by atoms with Crippen LogP contribution in [0.1, 0.15) is 23.2 Å². The number of rotatable bonds is 4. The second kappa shape index (κ2) is 6.20. The summed E-state index contributed by atoms with van der Waals surface area (Å²) in [4.78, 5) is 14.2. The average molecular weight is 313 g/mol. The monoisotopic (exact) mass is 312 g/mol. The Balaban J connectivity index is 1.85. The number of benzene rings is 1. The van der Waals surface area contributed by atoms with Crippen molar-refractivity contribution in [3.63, 3.8) is 0 Å². The Bertz CT molecular complexity index is 431. The summed E-state index contributed by atoms with van der Waals surface area (Å²) in [7, 11) is 0. The van der Waals surface area contributed by atoms with Crippen LogP contribution in [0, 0.1) is 0 Å². The van der Waals surface area contributed by atoms with Gasteiger partial charge in [0.05, 0.1) is 5.56 Å². The van der Waals surface area contributed by atoms with Gasteiger partial charge in [-0.1, -0.05) is 0 Å². The van der Waals surface area contributed by atoms with Gasteiger partial charge >= 0.3 is 5.97 Å². The number of nitrogens with zero attached hydrogens (tertiary/aromatic N) is 1. The maximum Gasteiger partial charge on any atom is 0.339 e. The lowest BCUT2D eigenvalue weighted by atomic mass is 10.2. The molecule has 2 N–H and O–H groups in total. The first kappa shape index (κ1) is 13.4. The van der Waals surface area contributed by atoms with Crippen molar-refractivity contribution >= 4 is 27.6 Å². The fraction of sp³-hybridized carbons (Fsp3) is 0.462. The van der Waals surface area contributed by atoms with Crippen LogP contribution in [0.3, 0.4) is 0 Å². The van der Waals surface area contributed by atoms with E-state index in [4.69, 9.17) is 10.5 Å². The quantitative estimate of drug-likeness (QED) is 0.684. The van der Waals surface area contributed by atoms with Gasteiger partial charge in [0.1, 0.15) is 6.61 Å². The topological polar surface area (TPSA) is 55.6 Å². The maximum atomic E-state index is 11.9. The fourth-order valence-electron chi connectivity index (χ4n) is 2.05. The standard InChI is InChI=1S/C13H17BrN2O2/c14-12-4-3-10(15)9-11(12)13(17)18-8-7-16-5-1-2-6-16/h3-4,9H,1-2,5-8,15H2. The van der Waals surface area contributed by atoms with Crippen molar-refractivity contribution in [3.05, 3.63) is 28.2 Å².